The molecule has 3 aliphatic heterocycles. The number of para-hydroxylation sites is 1. The van der Waals surface area contributed by atoms with Gasteiger partial charge < -0.3 is 15.0 Å². The third-order valence-electron chi connectivity index (χ3n) is 8.79. The second kappa shape index (κ2) is 10.1. The minimum absolute atomic E-state index is 0.195. The number of carbonyl (C=O) groups is 3. The van der Waals surface area contributed by atoms with Gasteiger partial charge in [0.15, 0.2) is 11.6 Å². The monoisotopic (exact) mass is 554 g/mol. The van der Waals surface area contributed by atoms with Crippen LogP contribution in [0.25, 0.3) is 6.08 Å². The smallest absolute Gasteiger partial charge is 0.238 e. The predicted octanol–water partition coefficient (Wildman–Crippen LogP) is 6.46. The lowest BCUT2D eigenvalue weighted by Gasteiger charge is -2.38. The fourth-order valence-electron chi connectivity index (χ4n) is 7.06. The molecule has 4 aromatic carbocycles. The molecule has 1 fully saturated rings. The normalized spacial score (nSPS) is 23.2. The molecular formula is C36H30N2O4. The number of anilines is 1. The van der Waals surface area contributed by atoms with Crippen LogP contribution in [0.2, 0.25) is 0 Å². The first-order chi connectivity index (χ1) is 20.6. The van der Waals surface area contributed by atoms with Crippen LogP contribution in [0.4, 0.5) is 5.69 Å². The highest BCUT2D eigenvalue weighted by Gasteiger charge is 2.70. The van der Waals surface area contributed by atoms with E-state index in [9.17, 15) is 14.4 Å². The van der Waals surface area contributed by atoms with Gasteiger partial charge in [0.25, 0.3) is 0 Å². The zero-order valence-corrected chi connectivity index (χ0v) is 23.2. The van der Waals surface area contributed by atoms with Crippen molar-refractivity contribution in [3.63, 3.8) is 0 Å². The number of hydrogen-bond donors (Lipinski definition) is 1. The Hall–Kier alpha value is -4.97. The van der Waals surface area contributed by atoms with Gasteiger partial charge in [0.05, 0.1) is 18.6 Å². The molecule has 208 valence electrons. The first-order valence-electron chi connectivity index (χ1n) is 14.4. The van der Waals surface area contributed by atoms with Gasteiger partial charge >= 0.3 is 0 Å². The second-order valence-electron chi connectivity index (χ2n) is 11.1. The predicted molar refractivity (Wildman–Crippen MR) is 161 cm³/mol. The van der Waals surface area contributed by atoms with Gasteiger partial charge in [-0.15, -0.1) is 0 Å². The van der Waals surface area contributed by atoms with Gasteiger partial charge in [-0.05, 0) is 59.5 Å². The van der Waals surface area contributed by atoms with Crippen molar-refractivity contribution in [3.8, 4) is 5.75 Å². The van der Waals surface area contributed by atoms with E-state index in [1.807, 2.05) is 90.8 Å². The molecule has 0 bridgehead atoms. The first kappa shape index (κ1) is 26.0. The molecule has 42 heavy (non-hydrogen) atoms. The molecule has 0 aliphatic carbocycles. The van der Waals surface area contributed by atoms with Crippen molar-refractivity contribution in [2.45, 2.75) is 30.8 Å². The Balaban J connectivity index is 1.47. The Morgan fingerprint density at radius 2 is 1.52 bits per heavy atom. The SMILES string of the molecule is CCCOc1ccc(C(=O)[C@H]2[C@H](C(=O)c3ccccc3)N3C=Cc4ccccc4[C@@H]3[C@]23C(=O)Nc2ccccc23)cc1. The van der Waals surface area contributed by atoms with Crippen molar-refractivity contribution >= 4 is 29.2 Å². The molecule has 0 unspecified atom stereocenters. The molecule has 1 spiro atoms. The van der Waals surface area contributed by atoms with E-state index in [0.717, 1.165) is 23.1 Å². The van der Waals surface area contributed by atoms with Crippen LogP contribution in [-0.2, 0) is 10.2 Å². The van der Waals surface area contributed by atoms with Crippen LogP contribution in [0.3, 0.4) is 0 Å². The lowest BCUT2D eigenvalue weighted by molar-refractivity contribution is -0.122. The van der Waals surface area contributed by atoms with Crippen LogP contribution >= 0.6 is 0 Å². The fourth-order valence-corrected chi connectivity index (χ4v) is 7.06. The van der Waals surface area contributed by atoms with E-state index in [-0.39, 0.29) is 17.5 Å². The maximum atomic E-state index is 14.9. The number of nitrogens with zero attached hydrogens (tertiary/aromatic N) is 1. The van der Waals surface area contributed by atoms with E-state index in [1.54, 1.807) is 36.4 Å². The highest BCUT2D eigenvalue weighted by molar-refractivity contribution is 6.16. The quantitative estimate of drug-likeness (QED) is 0.266. The van der Waals surface area contributed by atoms with Crippen LogP contribution in [0.15, 0.2) is 109 Å². The minimum atomic E-state index is -1.35. The molecule has 1 saturated heterocycles. The van der Waals surface area contributed by atoms with E-state index in [0.29, 0.717) is 29.2 Å². The zero-order valence-electron chi connectivity index (χ0n) is 23.2. The zero-order chi connectivity index (χ0) is 28.8. The van der Waals surface area contributed by atoms with E-state index in [2.05, 4.69) is 5.32 Å². The standard InChI is InChI=1S/C36H30N2O4/c1-2-22-42-26-18-16-25(17-19-26)32(39)30-31(33(40)24-11-4-3-5-12-24)38-21-20-23-10-6-7-13-27(23)34(38)36(30)28-14-8-9-15-29(28)37-35(36)41/h3-21,30-31,34H,2,22H2,1H3,(H,37,41)/t30-,31-,34-,36-/m1/s1. The number of fused-ring (bicyclic) bond motifs is 6. The van der Waals surface area contributed by atoms with Gasteiger partial charge in [0, 0.05) is 23.0 Å². The Morgan fingerprint density at radius 3 is 2.31 bits per heavy atom. The van der Waals surface area contributed by atoms with Crippen molar-refractivity contribution in [1.82, 2.24) is 4.90 Å². The second-order valence-corrected chi connectivity index (χ2v) is 11.1. The van der Waals surface area contributed by atoms with E-state index < -0.39 is 23.4 Å². The summed E-state index contributed by atoms with van der Waals surface area (Å²) in [6.45, 7) is 2.61. The number of carbonyl (C=O) groups excluding carboxylic acids is 3. The third kappa shape index (κ3) is 3.75. The molecule has 4 aromatic rings. The van der Waals surface area contributed by atoms with E-state index >= 15 is 0 Å². The van der Waals surface area contributed by atoms with Crippen molar-refractivity contribution in [3.05, 3.63) is 137 Å². The molecule has 6 nitrogen and oxygen atoms in total. The van der Waals surface area contributed by atoms with Gasteiger partial charge in [-0.25, -0.2) is 0 Å². The number of ketones is 2. The summed E-state index contributed by atoms with van der Waals surface area (Å²) in [4.78, 5) is 45.8. The Morgan fingerprint density at radius 1 is 0.833 bits per heavy atom. The average Bonchev–Trinajstić information content (AvgIpc) is 3.52. The molecule has 1 N–H and O–H groups in total. The van der Waals surface area contributed by atoms with Gasteiger partial charge in [-0.3, -0.25) is 14.4 Å². The van der Waals surface area contributed by atoms with Gasteiger partial charge in [0.1, 0.15) is 17.2 Å². The van der Waals surface area contributed by atoms with Crippen molar-refractivity contribution in [2.75, 3.05) is 11.9 Å². The molecule has 0 aromatic heterocycles. The maximum absolute atomic E-state index is 14.9. The van der Waals surface area contributed by atoms with Gasteiger partial charge in [0.2, 0.25) is 5.91 Å². The largest absolute Gasteiger partial charge is 0.494 e. The summed E-state index contributed by atoms with van der Waals surface area (Å²) in [5, 5.41) is 3.09. The molecule has 7 rings (SSSR count). The summed E-state index contributed by atoms with van der Waals surface area (Å²) in [5.41, 5.74) is 2.87. The van der Waals surface area contributed by atoms with Crippen LogP contribution < -0.4 is 10.1 Å². The number of ether oxygens (including phenoxy) is 1. The van der Waals surface area contributed by atoms with Crippen LogP contribution in [0, 0.1) is 5.92 Å². The molecule has 6 heteroatoms. The Kier molecular flexibility index (Phi) is 6.27. The highest BCUT2D eigenvalue weighted by Crippen LogP contribution is 2.62. The topological polar surface area (TPSA) is 75.7 Å². The molecule has 0 saturated carbocycles. The Bertz CT molecular complexity index is 1730. The number of amides is 1. The molecular weight excluding hydrogens is 524 g/mol. The third-order valence-corrected chi connectivity index (χ3v) is 8.79. The summed E-state index contributed by atoms with van der Waals surface area (Å²) >= 11 is 0. The average molecular weight is 555 g/mol. The van der Waals surface area contributed by atoms with Gasteiger partial charge in [-0.1, -0.05) is 79.7 Å². The summed E-state index contributed by atoms with van der Waals surface area (Å²) in [7, 11) is 0. The van der Waals surface area contributed by atoms with Crippen LogP contribution in [-0.4, -0.2) is 35.0 Å². The molecule has 4 atom stereocenters. The Labute approximate surface area is 244 Å². The molecule has 3 heterocycles. The van der Waals surface area contributed by atoms with E-state index in [4.69, 9.17) is 4.74 Å². The summed E-state index contributed by atoms with van der Waals surface area (Å²) < 4.78 is 5.76. The number of Topliss-reactive ketones (excluding diaryl/α,β-unsaturated/α-hetero) is 2. The van der Waals surface area contributed by atoms with Crippen molar-refractivity contribution in [2.24, 2.45) is 5.92 Å². The number of benzene rings is 4. The molecule has 1 amide bonds. The number of nitrogens with one attached hydrogen (secondary N) is 1. The minimum Gasteiger partial charge on any atom is -0.494 e. The summed E-state index contributed by atoms with van der Waals surface area (Å²) in [5.74, 6) is -1.05. The fraction of sp³-hybridized carbons (Fsp3) is 0.194. The van der Waals surface area contributed by atoms with Crippen molar-refractivity contribution < 1.29 is 19.1 Å². The first-order valence-corrected chi connectivity index (χ1v) is 14.4. The number of rotatable bonds is 7. The van der Waals surface area contributed by atoms with Crippen molar-refractivity contribution in [1.29, 1.82) is 0 Å². The van der Waals surface area contributed by atoms with Crippen LogP contribution in [0.1, 0.15) is 56.8 Å². The summed E-state index contributed by atoms with van der Waals surface area (Å²) in [6.07, 6.45) is 4.73. The molecule has 0 radical (unpaired) electrons. The number of hydrogen-bond acceptors (Lipinski definition) is 5. The lowest BCUT2D eigenvalue weighted by Crippen LogP contribution is -2.49. The highest BCUT2D eigenvalue weighted by atomic mass is 16.5. The maximum Gasteiger partial charge on any atom is 0.238 e. The van der Waals surface area contributed by atoms with E-state index in [1.165, 1.54) is 0 Å². The molecule has 3 aliphatic rings. The summed E-state index contributed by atoms with van der Waals surface area (Å²) in [6, 6.07) is 30.1. The van der Waals surface area contributed by atoms with Gasteiger partial charge in [-0.2, -0.15) is 0 Å². The lowest BCUT2D eigenvalue weighted by atomic mass is 9.62. The van der Waals surface area contributed by atoms with Crippen LogP contribution in [0.5, 0.6) is 5.75 Å².